The van der Waals surface area contributed by atoms with Gasteiger partial charge in [-0.15, -0.1) is 0 Å². The van der Waals surface area contributed by atoms with Gasteiger partial charge in [-0.25, -0.2) is 0 Å². The smallest absolute Gasteiger partial charge is 0.255 e. The highest BCUT2D eigenvalue weighted by atomic mass is 35.5. The van der Waals surface area contributed by atoms with Gasteiger partial charge >= 0.3 is 0 Å². The zero-order valence-electron chi connectivity index (χ0n) is 16.8. The second kappa shape index (κ2) is 9.94. The van der Waals surface area contributed by atoms with E-state index in [-0.39, 0.29) is 11.9 Å². The van der Waals surface area contributed by atoms with E-state index in [4.69, 9.17) is 16.0 Å². The van der Waals surface area contributed by atoms with E-state index in [1.165, 1.54) is 12.8 Å². The molecule has 4 rings (SSSR count). The number of benzene rings is 2. The van der Waals surface area contributed by atoms with Crippen LogP contribution in [0.25, 0.3) is 0 Å². The zero-order valence-corrected chi connectivity index (χ0v) is 17.6. The van der Waals surface area contributed by atoms with Crippen molar-refractivity contribution in [3.05, 3.63) is 88.8 Å². The highest BCUT2D eigenvalue weighted by Gasteiger charge is 2.25. The van der Waals surface area contributed by atoms with Gasteiger partial charge in [0.1, 0.15) is 5.76 Å². The van der Waals surface area contributed by atoms with Crippen LogP contribution in [0.3, 0.4) is 0 Å². The standard InChI is InChI=1S/C24H26ClN3O2/c25-20-10-8-19(9-11-20)24(29)27-21-6-3-5-18(15-21)16-26-17-22(23-7-4-14-30-23)28-12-1-2-13-28/h3-11,14-15,22,26H,1-2,12-13,16-17H2,(H,27,29)/t22-/m1/s1. The third-order valence-electron chi connectivity index (χ3n) is 5.41. The summed E-state index contributed by atoms with van der Waals surface area (Å²) in [7, 11) is 0. The molecule has 2 aromatic carbocycles. The number of furan rings is 1. The van der Waals surface area contributed by atoms with E-state index < -0.39 is 0 Å². The van der Waals surface area contributed by atoms with Crippen LogP contribution in [0.4, 0.5) is 5.69 Å². The highest BCUT2D eigenvalue weighted by molar-refractivity contribution is 6.30. The maximum Gasteiger partial charge on any atom is 0.255 e. The Morgan fingerprint density at radius 2 is 1.87 bits per heavy atom. The van der Waals surface area contributed by atoms with Crippen molar-refractivity contribution < 1.29 is 9.21 Å². The lowest BCUT2D eigenvalue weighted by molar-refractivity contribution is 0.102. The van der Waals surface area contributed by atoms with Crippen molar-refractivity contribution in [2.24, 2.45) is 0 Å². The molecule has 0 saturated carbocycles. The second-order valence-corrected chi connectivity index (χ2v) is 8.00. The number of hydrogen-bond donors (Lipinski definition) is 2. The van der Waals surface area contributed by atoms with Gasteiger partial charge in [-0.1, -0.05) is 23.7 Å². The largest absolute Gasteiger partial charge is 0.468 e. The molecule has 1 atom stereocenters. The highest BCUT2D eigenvalue weighted by Crippen LogP contribution is 2.25. The number of amides is 1. The van der Waals surface area contributed by atoms with Gasteiger partial charge in [-0.2, -0.15) is 0 Å². The molecule has 156 valence electrons. The summed E-state index contributed by atoms with van der Waals surface area (Å²) in [5.41, 5.74) is 2.47. The molecule has 0 spiro atoms. The number of hydrogen-bond acceptors (Lipinski definition) is 4. The lowest BCUT2D eigenvalue weighted by atomic mass is 10.1. The Morgan fingerprint density at radius 1 is 1.07 bits per heavy atom. The predicted molar refractivity (Wildman–Crippen MR) is 120 cm³/mol. The van der Waals surface area contributed by atoms with Crippen LogP contribution in [0.1, 0.15) is 40.6 Å². The minimum Gasteiger partial charge on any atom is -0.468 e. The average molecular weight is 424 g/mol. The third-order valence-corrected chi connectivity index (χ3v) is 5.66. The first-order valence-corrected chi connectivity index (χ1v) is 10.7. The molecule has 0 bridgehead atoms. The molecule has 0 radical (unpaired) electrons. The molecule has 1 aromatic heterocycles. The Balaban J connectivity index is 1.34. The number of nitrogens with one attached hydrogen (secondary N) is 2. The van der Waals surface area contributed by atoms with E-state index in [1.54, 1.807) is 30.5 Å². The van der Waals surface area contributed by atoms with Crippen molar-refractivity contribution in [1.29, 1.82) is 0 Å². The number of nitrogens with zero attached hydrogens (tertiary/aromatic N) is 1. The van der Waals surface area contributed by atoms with Crippen LogP contribution in [0.5, 0.6) is 0 Å². The zero-order chi connectivity index (χ0) is 20.8. The number of carbonyl (C=O) groups is 1. The molecule has 2 N–H and O–H groups in total. The number of likely N-dealkylation sites (tertiary alicyclic amines) is 1. The summed E-state index contributed by atoms with van der Waals surface area (Å²) in [4.78, 5) is 14.9. The van der Waals surface area contributed by atoms with E-state index in [2.05, 4.69) is 27.7 Å². The summed E-state index contributed by atoms with van der Waals surface area (Å²) < 4.78 is 5.69. The van der Waals surface area contributed by atoms with Gasteiger partial charge < -0.3 is 15.1 Å². The Kier molecular flexibility index (Phi) is 6.84. The molecule has 1 aliphatic rings. The lowest BCUT2D eigenvalue weighted by Crippen LogP contribution is -2.33. The third kappa shape index (κ3) is 5.30. The molecule has 6 heteroatoms. The number of halogens is 1. The van der Waals surface area contributed by atoms with Gasteiger partial charge in [-0.3, -0.25) is 9.69 Å². The van der Waals surface area contributed by atoms with E-state index >= 15 is 0 Å². The number of carbonyl (C=O) groups excluding carboxylic acids is 1. The molecule has 1 fully saturated rings. The molecule has 1 saturated heterocycles. The van der Waals surface area contributed by atoms with Crippen LogP contribution in [0, 0.1) is 0 Å². The van der Waals surface area contributed by atoms with Crippen LogP contribution in [0.2, 0.25) is 5.02 Å². The van der Waals surface area contributed by atoms with Gasteiger partial charge in [0.05, 0.1) is 12.3 Å². The first-order chi connectivity index (χ1) is 14.7. The first kappa shape index (κ1) is 20.7. The Morgan fingerprint density at radius 3 is 2.60 bits per heavy atom. The molecule has 30 heavy (non-hydrogen) atoms. The summed E-state index contributed by atoms with van der Waals surface area (Å²) in [6, 6.07) is 19.0. The van der Waals surface area contributed by atoms with Crippen molar-refractivity contribution in [2.45, 2.75) is 25.4 Å². The number of anilines is 1. The Bertz CT molecular complexity index is 951. The van der Waals surface area contributed by atoms with Gasteiger partial charge in [-0.05, 0) is 80.0 Å². The maximum absolute atomic E-state index is 12.4. The molecule has 3 aromatic rings. The average Bonchev–Trinajstić information content (AvgIpc) is 3.47. The van der Waals surface area contributed by atoms with E-state index in [0.29, 0.717) is 10.6 Å². The normalized spacial score (nSPS) is 15.2. The molecule has 0 aliphatic carbocycles. The SMILES string of the molecule is O=C(Nc1cccc(CNC[C@H](c2ccco2)N2CCCC2)c1)c1ccc(Cl)cc1. The van der Waals surface area contributed by atoms with E-state index in [1.807, 2.05) is 24.3 Å². The Labute approximate surface area is 182 Å². The molecule has 0 unspecified atom stereocenters. The Hall–Kier alpha value is -2.60. The quantitative estimate of drug-likeness (QED) is 0.528. The lowest BCUT2D eigenvalue weighted by Gasteiger charge is -2.26. The van der Waals surface area contributed by atoms with Crippen molar-refractivity contribution >= 4 is 23.2 Å². The second-order valence-electron chi connectivity index (χ2n) is 7.57. The molecule has 1 aliphatic heterocycles. The van der Waals surface area contributed by atoms with Gasteiger partial charge in [0.15, 0.2) is 0 Å². The fourth-order valence-corrected chi connectivity index (χ4v) is 3.99. The minimum absolute atomic E-state index is 0.149. The van der Waals surface area contributed by atoms with Crippen LogP contribution >= 0.6 is 11.6 Å². The number of rotatable bonds is 8. The minimum atomic E-state index is -0.149. The fourth-order valence-electron chi connectivity index (χ4n) is 3.86. The summed E-state index contributed by atoms with van der Waals surface area (Å²) in [6.45, 7) is 3.75. The van der Waals surface area contributed by atoms with Crippen molar-refractivity contribution in [3.63, 3.8) is 0 Å². The van der Waals surface area contributed by atoms with Crippen molar-refractivity contribution in [2.75, 3.05) is 25.0 Å². The first-order valence-electron chi connectivity index (χ1n) is 10.3. The van der Waals surface area contributed by atoms with Crippen LogP contribution in [0.15, 0.2) is 71.3 Å². The molecular formula is C24H26ClN3O2. The van der Waals surface area contributed by atoms with Crippen LogP contribution in [-0.2, 0) is 6.54 Å². The monoisotopic (exact) mass is 423 g/mol. The molecule has 5 nitrogen and oxygen atoms in total. The molecular weight excluding hydrogens is 398 g/mol. The van der Waals surface area contributed by atoms with Crippen molar-refractivity contribution in [3.8, 4) is 0 Å². The summed E-state index contributed by atoms with van der Waals surface area (Å²) in [6.07, 6.45) is 4.23. The van der Waals surface area contributed by atoms with Gasteiger partial charge in [0.25, 0.3) is 5.91 Å². The summed E-state index contributed by atoms with van der Waals surface area (Å²) in [5, 5.41) is 7.12. The van der Waals surface area contributed by atoms with E-state index in [0.717, 1.165) is 43.2 Å². The topological polar surface area (TPSA) is 57.5 Å². The van der Waals surface area contributed by atoms with Crippen LogP contribution < -0.4 is 10.6 Å². The molecule has 1 amide bonds. The van der Waals surface area contributed by atoms with E-state index in [9.17, 15) is 4.79 Å². The molecule has 2 heterocycles. The fraction of sp³-hybridized carbons (Fsp3) is 0.292. The predicted octanol–water partition coefficient (Wildman–Crippen LogP) is 5.11. The van der Waals surface area contributed by atoms with Crippen LogP contribution in [-0.4, -0.2) is 30.4 Å². The van der Waals surface area contributed by atoms with Gasteiger partial charge in [0.2, 0.25) is 0 Å². The maximum atomic E-state index is 12.4. The summed E-state index contributed by atoms with van der Waals surface area (Å²) in [5.74, 6) is 0.858. The van der Waals surface area contributed by atoms with Gasteiger partial charge in [0, 0.05) is 29.4 Å². The van der Waals surface area contributed by atoms with Crippen molar-refractivity contribution in [1.82, 2.24) is 10.2 Å². The summed E-state index contributed by atoms with van der Waals surface area (Å²) >= 11 is 5.89.